The van der Waals surface area contributed by atoms with E-state index < -0.39 is 0 Å². The van der Waals surface area contributed by atoms with E-state index in [1.807, 2.05) is 18.2 Å². The molecule has 76 valence electrons. The van der Waals surface area contributed by atoms with Gasteiger partial charge in [-0.3, -0.25) is 4.57 Å². The first-order valence-corrected chi connectivity index (χ1v) is 7.32. The minimum absolute atomic E-state index is 0.0209. The molecule has 1 heterocycles. The lowest BCUT2D eigenvalue weighted by molar-refractivity contribution is 0.591. The second-order valence-electron chi connectivity index (χ2n) is 2.43. The van der Waals surface area contributed by atoms with Gasteiger partial charge in [-0.1, -0.05) is 16.9 Å². The number of hydrogen-bond donors (Lipinski definition) is 1. The van der Waals surface area contributed by atoms with E-state index in [-0.39, 0.29) is 8.61 Å². The average Bonchev–Trinajstić information content (AvgIpc) is 2.25. The van der Waals surface area contributed by atoms with Crippen LogP contribution in [-0.2, 0) is 4.57 Å². The monoisotopic (exact) mass is 246 g/mol. The van der Waals surface area contributed by atoms with E-state index in [0.717, 1.165) is 23.7 Å². The number of nitrogens with zero attached hydrogens (tertiary/aromatic N) is 1. The zero-order chi connectivity index (χ0) is 10.1. The van der Waals surface area contributed by atoms with E-state index in [1.54, 1.807) is 27.8 Å². The molecule has 14 heavy (non-hydrogen) atoms. The highest BCUT2D eigenvalue weighted by Gasteiger charge is 1.94. The molecule has 0 amide bonds. The van der Waals surface area contributed by atoms with Crippen LogP contribution in [0, 0.1) is 0 Å². The molecule has 1 rings (SSSR count). The standard InChI is InChI=1S/C8H11N2OPS2/c11-12-10-6-3-7-13-14-8-4-1-2-5-9-8/h1-2,4-5H,3,6-7H2,(H,10,11). The second kappa shape index (κ2) is 8.24. The first kappa shape index (κ1) is 12.0. The van der Waals surface area contributed by atoms with Gasteiger partial charge in [0.2, 0.25) is 8.61 Å². The molecule has 0 fully saturated rings. The Kier molecular flexibility index (Phi) is 7.05. The van der Waals surface area contributed by atoms with Gasteiger partial charge >= 0.3 is 0 Å². The minimum atomic E-state index is 0.0209. The lowest BCUT2D eigenvalue weighted by atomic mass is 10.5. The summed E-state index contributed by atoms with van der Waals surface area (Å²) in [6, 6.07) is 5.88. The number of hydrogen-bond acceptors (Lipinski definition) is 4. The molecule has 0 aliphatic heterocycles. The van der Waals surface area contributed by atoms with E-state index in [4.69, 9.17) is 0 Å². The van der Waals surface area contributed by atoms with Gasteiger partial charge in [0.25, 0.3) is 0 Å². The third-order valence-corrected chi connectivity index (χ3v) is 4.07. The van der Waals surface area contributed by atoms with Gasteiger partial charge in [0.15, 0.2) is 0 Å². The maximum Gasteiger partial charge on any atom is 0.245 e. The summed E-state index contributed by atoms with van der Waals surface area (Å²) in [4.78, 5) is 4.19. The Balaban J connectivity index is 2.02. The summed E-state index contributed by atoms with van der Waals surface area (Å²) in [5.74, 6) is 1.03. The summed E-state index contributed by atoms with van der Waals surface area (Å²) in [6.45, 7) is 0.792. The minimum Gasteiger partial charge on any atom is -0.256 e. The quantitative estimate of drug-likeness (QED) is 0.455. The molecule has 0 unspecified atom stereocenters. The molecule has 3 nitrogen and oxygen atoms in total. The van der Waals surface area contributed by atoms with Crippen LogP contribution >= 0.6 is 30.2 Å². The molecule has 1 aromatic rings. The molecule has 1 N–H and O–H groups in total. The van der Waals surface area contributed by atoms with Crippen molar-refractivity contribution in [1.82, 2.24) is 10.1 Å². The van der Waals surface area contributed by atoms with Gasteiger partial charge in [0.1, 0.15) is 5.03 Å². The molecule has 0 saturated carbocycles. The van der Waals surface area contributed by atoms with Crippen LogP contribution in [0.3, 0.4) is 0 Å². The van der Waals surface area contributed by atoms with Crippen molar-refractivity contribution in [2.75, 3.05) is 12.3 Å². The Labute approximate surface area is 93.1 Å². The van der Waals surface area contributed by atoms with E-state index in [1.165, 1.54) is 0 Å². The largest absolute Gasteiger partial charge is 0.256 e. The van der Waals surface area contributed by atoms with Crippen molar-refractivity contribution in [3.8, 4) is 0 Å². The van der Waals surface area contributed by atoms with Crippen molar-refractivity contribution in [1.29, 1.82) is 0 Å². The lowest BCUT2D eigenvalue weighted by Crippen LogP contribution is -2.01. The maximum absolute atomic E-state index is 10.0. The van der Waals surface area contributed by atoms with Gasteiger partial charge in [-0.25, -0.2) is 10.1 Å². The SMILES string of the molecule is O=PNCCCSSc1ccccn1. The van der Waals surface area contributed by atoms with Crippen LogP contribution in [0.25, 0.3) is 0 Å². The van der Waals surface area contributed by atoms with Crippen molar-refractivity contribution in [3.63, 3.8) is 0 Å². The number of nitrogens with one attached hydrogen (secondary N) is 1. The molecule has 0 bridgehead atoms. The topological polar surface area (TPSA) is 42.0 Å². The summed E-state index contributed by atoms with van der Waals surface area (Å²) in [5, 5.41) is 3.76. The highest BCUT2D eigenvalue weighted by Crippen LogP contribution is 2.29. The Bertz CT molecular complexity index is 261. The zero-order valence-corrected chi connectivity index (χ0v) is 10.1. The van der Waals surface area contributed by atoms with E-state index >= 15 is 0 Å². The third-order valence-electron chi connectivity index (χ3n) is 1.36. The molecule has 0 aliphatic rings. The smallest absolute Gasteiger partial charge is 0.245 e. The summed E-state index contributed by atoms with van der Waals surface area (Å²) in [5.41, 5.74) is 0. The summed E-state index contributed by atoms with van der Waals surface area (Å²) in [7, 11) is 3.46. The summed E-state index contributed by atoms with van der Waals surface area (Å²) < 4.78 is 10.0. The second-order valence-corrected chi connectivity index (χ2v) is 5.36. The van der Waals surface area contributed by atoms with Crippen LogP contribution in [0.1, 0.15) is 6.42 Å². The Morgan fingerprint density at radius 2 is 2.43 bits per heavy atom. The molecular weight excluding hydrogens is 235 g/mol. The predicted molar refractivity (Wildman–Crippen MR) is 62.8 cm³/mol. The Morgan fingerprint density at radius 3 is 3.14 bits per heavy atom. The summed E-state index contributed by atoms with van der Waals surface area (Å²) >= 11 is 0. The fraction of sp³-hybridized carbons (Fsp3) is 0.375. The van der Waals surface area contributed by atoms with Crippen LogP contribution in [0.5, 0.6) is 0 Å². The normalized spacial score (nSPS) is 10.6. The molecular formula is C8H11N2OPS2. The van der Waals surface area contributed by atoms with Gasteiger partial charge < -0.3 is 0 Å². The maximum atomic E-state index is 10.0. The van der Waals surface area contributed by atoms with Gasteiger partial charge in [0.05, 0.1) is 0 Å². The van der Waals surface area contributed by atoms with Crippen LogP contribution < -0.4 is 5.09 Å². The molecule has 0 saturated heterocycles. The molecule has 0 atom stereocenters. The van der Waals surface area contributed by atoms with Crippen molar-refractivity contribution in [2.24, 2.45) is 0 Å². The molecule has 1 aromatic heterocycles. The zero-order valence-electron chi connectivity index (χ0n) is 7.55. The van der Waals surface area contributed by atoms with Crippen LogP contribution in [0.15, 0.2) is 29.4 Å². The van der Waals surface area contributed by atoms with Crippen LogP contribution in [0.2, 0.25) is 0 Å². The predicted octanol–water partition coefficient (Wildman–Crippen LogP) is 3.01. The highest BCUT2D eigenvalue weighted by atomic mass is 33.1. The van der Waals surface area contributed by atoms with Crippen molar-refractivity contribution < 1.29 is 4.57 Å². The van der Waals surface area contributed by atoms with Crippen LogP contribution in [-0.4, -0.2) is 17.3 Å². The van der Waals surface area contributed by atoms with E-state index in [9.17, 15) is 4.57 Å². The lowest BCUT2D eigenvalue weighted by Gasteiger charge is -1.98. The van der Waals surface area contributed by atoms with Gasteiger partial charge in [-0.15, -0.1) is 0 Å². The first-order valence-electron chi connectivity index (χ1n) is 4.19. The molecule has 0 radical (unpaired) electrons. The van der Waals surface area contributed by atoms with E-state index in [2.05, 4.69) is 10.1 Å². The number of rotatable bonds is 7. The fourth-order valence-corrected chi connectivity index (χ4v) is 2.97. The Hall–Kier alpha value is -0.0900. The molecule has 0 aromatic carbocycles. The molecule has 0 spiro atoms. The van der Waals surface area contributed by atoms with Gasteiger partial charge in [0, 0.05) is 18.5 Å². The van der Waals surface area contributed by atoms with Gasteiger partial charge in [-0.05, 0) is 29.3 Å². The average molecular weight is 246 g/mol. The van der Waals surface area contributed by atoms with Gasteiger partial charge in [-0.2, -0.15) is 0 Å². The van der Waals surface area contributed by atoms with Crippen molar-refractivity contribution in [3.05, 3.63) is 24.4 Å². The van der Waals surface area contributed by atoms with Crippen LogP contribution in [0.4, 0.5) is 0 Å². The van der Waals surface area contributed by atoms with Crippen molar-refractivity contribution >= 4 is 30.2 Å². The third kappa shape index (κ3) is 5.60. The first-order chi connectivity index (χ1) is 6.93. The molecule has 6 heteroatoms. The number of pyridine rings is 1. The van der Waals surface area contributed by atoms with Crippen molar-refractivity contribution in [2.45, 2.75) is 11.4 Å². The highest BCUT2D eigenvalue weighted by molar-refractivity contribution is 8.76. The molecule has 0 aliphatic carbocycles. The number of aromatic nitrogens is 1. The summed E-state index contributed by atoms with van der Waals surface area (Å²) in [6.07, 6.45) is 2.81. The fourth-order valence-electron chi connectivity index (χ4n) is 0.754. The van der Waals surface area contributed by atoms with E-state index in [0.29, 0.717) is 0 Å². The Morgan fingerprint density at radius 1 is 1.50 bits per heavy atom.